The maximum Gasteiger partial charge on any atom is 0.287 e. The normalized spacial score (nSPS) is 13.6. The first-order valence-electron chi connectivity index (χ1n) is 9.16. The molecule has 2 aromatic carbocycles. The molecule has 0 fully saturated rings. The van der Waals surface area contributed by atoms with Crippen molar-refractivity contribution in [3.63, 3.8) is 0 Å². The lowest BCUT2D eigenvalue weighted by Crippen LogP contribution is -2.26. The molecular weight excluding hydrogens is 358 g/mol. The van der Waals surface area contributed by atoms with Gasteiger partial charge >= 0.3 is 0 Å². The van der Waals surface area contributed by atoms with Crippen LogP contribution in [0.4, 0.5) is 0 Å². The number of para-hydroxylation sites is 1. The Morgan fingerprint density at radius 3 is 2.64 bits per heavy atom. The highest BCUT2D eigenvalue weighted by Crippen LogP contribution is 2.32. The number of nitrogens with one attached hydrogen (secondary N) is 1. The van der Waals surface area contributed by atoms with E-state index in [1.165, 1.54) is 0 Å². The molecule has 3 aromatic rings. The maximum absolute atomic E-state index is 12.5. The number of carbonyl (C=O) groups is 1. The van der Waals surface area contributed by atoms with E-state index in [2.05, 4.69) is 5.32 Å². The number of ether oxygens (including phenoxy) is 3. The van der Waals surface area contributed by atoms with Crippen molar-refractivity contribution in [1.29, 1.82) is 0 Å². The number of benzene rings is 2. The van der Waals surface area contributed by atoms with E-state index >= 15 is 0 Å². The lowest BCUT2D eigenvalue weighted by Gasteiger charge is -2.21. The molecule has 0 spiro atoms. The first-order chi connectivity index (χ1) is 13.7. The van der Waals surface area contributed by atoms with E-state index in [0.717, 1.165) is 17.1 Å². The number of carbonyl (C=O) groups excluding carboxylic acids is 1. The molecule has 4 rings (SSSR count). The van der Waals surface area contributed by atoms with Gasteiger partial charge in [-0.05, 0) is 48.9 Å². The Bertz CT molecular complexity index is 951. The largest absolute Gasteiger partial charge is 0.486 e. The van der Waals surface area contributed by atoms with Gasteiger partial charge in [-0.3, -0.25) is 4.79 Å². The minimum absolute atomic E-state index is 0.211. The molecule has 1 N–H and O–H groups in total. The number of amides is 1. The summed E-state index contributed by atoms with van der Waals surface area (Å²) < 4.78 is 22.4. The van der Waals surface area contributed by atoms with E-state index in [-0.39, 0.29) is 24.3 Å². The highest BCUT2D eigenvalue weighted by atomic mass is 16.6. The summed E-state index contributed by atoms with van der Waals surface area (Å²) in [6.07, 6.45) is 0. The van der Waals surface area contributed by atoms with Crippen molar-refractivity contribution in [1.82, 2.24) is 5.32 Å². The minimum Gasteiger partial charge on any atom is -0.486 e. The van der Waals surface area contributed by atoms with Crippen LogP contribution in [0, 0.1) is 0 Å². The highest BCUT2D eigenvalue weighted by Gasteiger charge is 2.18. The molecule has 0 radical (unpaired) electrons. The molecule has 1 aliphatic heterocycles. The third-order valence-corrected chi connectivity index (χ3v) is 4.42. The van der Waals surface area contributed by atoms with Crippen LogP contribution in [-0.2, 0) is 6.61 Å². The Balaban J connectivity index is 1.36. The number of hydrogen-bond donors (Lipinski definition) is 1. The predicted octanol–water partition coefficient (Wildman–Crippen LogP) is 4.12. The van der Waals surface area contributed by atoms with E-state index in [4.69, 9.17) is 18.6 Å². The number of furan rings is 1. The summed E-state index contributed by atoms with van der Waals surface area (Å²) in [5, 5.41) is 2.94. The fourth-order valence-corrected chi connectivity index (χ4v) is 2.93. The predicted molar refractivity (Wildman–Crippen MR) is 103 cm³/mol. The summed E-state index contributed by atoms with van der Waals surface area (Å²) in [4.78, 5) is 12.5. The Hall–Kier alpha value is -3.41. The van der Waals surface area contributed by atoms with Gasteiger partial charge in [0.05, 0.1) is 6.04 Å². The van der Waals surface area contributed by atoms with E-state index < -0.39 is 0 Å². The molecule has 0 saturated heterocycles. The zero-order chi connectivity index (χ0) is 19.3. The van der Waals surface area contributed by atoms with Crippen LogP contribution in [0.3, 0.4) is 0 Å². The van der Waals surface area contributed by atoms with Gasteiger partial charge in [0.25, 0.3) is 5.91 Å². The number of rotatable bonds is 6. The molecule has 2 heterocycles. The van der Waals surface area contributed by atoms with Crippen molar-refractivity contribution in [2.24, 2.45) is 0 Å². The van der Waals surface area contributed by atoms with Gasteiger partial charge in [0.1, 0.15) is 31.3 Å². The molecular formula is C22H21NO5. The van der Waals surface area contributed by atoms with Crippen LogP contribution in [0.2, 0.25) is 0 Å². The molecule has 0 bridgehead atoms. The lowest BCUT2D eigenvalue weighted by molar-refractivity contribution is 0.0907. The average Bonchev–Trinajstić information content (AvgIpc) is 3.22. The van der Waals surface area contributed by atoms with Gasteiger partial charge in [0, 0.05) is 0 Å². The number of hydrogen-bond acceptors (Lipinski definition) is 5. The van der Waals surface area contributed by atoms with Gasteiger partial charge < -0.3 is 23.9 Å². The molecule has 0 aliphatic carbocycles. The second-order valence-corrected chi connectivity index (χ2v) is 6.47. The van der Waals surface area contributed by atoms with Crippen molar-refractivity contribution in [2.45, 2.75) is 19.6 Å². The van der Waals surface area contributed by atoms with E-state index in [0.29, 0.717) is 24.7 Å². The molecule has 1 amide bonds. The van der Waals surface area contributed by atoms with Crippen molar-refractivity contribution in [3.05, 3.63) is 77.7 Å². The van der Waals surface area contributed by atoms with Crippen LogP contribution >= 0.6 is 0 Å². The average molecular weight is 379 g/mol. The van der Waals surface area contributed by atoms with Crippen LogP contribution in [-0.4, -0.2) is 19.1 Å². The van der Waals surface area contributed by atoms with Gasteiger partial charge in [-0.1, -0.05) is 24.3 Å². The third kappa shape index (κ3) is 4.11. The monoisotopic (exact) mass is 379 g/mol. The summed E-state index contributed by atoms with van der Waals surface area (Å²) in [5.41, 5.74) is 0.928. The summed E-state index contributed by atoms with van der Waals surface area (Å²) >= 11 is 0. The maximum atomic E-state index is 12.5. The summed E-state index contributed by atoms with van der Waals surface area (Å²) in [6, 6.07) is 18.3. The fraction of sp³-hybridized carbons (Fsp3) is 0.227. The van der Waals surface area contributed by atoms with E-state index in [1.807, 2.05) is 55.5 Å². The van der Waals surface area contributed by atoms with Gasteiger partial charge in [-0.2, -0.15) is 0 Å². The van der Waals surface area contributed by atoms with E-state index in [9.17, 15) is 4.79 Å². The second kappa shape index (κ2) is 8.08. The Kier molecular flexibility index (Phi) is 5.19. The molecule has 1 atom stereocenters. The van der Waals surface area contributed by atoms with Crippen LogP contribution < -0.4 is 19.5 Å². The smallest absolute Gasteiger partial charge is 0.287 e. The summed E-state index contributed by atoms with van der Waals surface area (Å²) in [6.45, 7) is 3.24. The molecule has 0 unspecified atom stereocenters. The first-order valence-corrected chi connectivity index (χ1v) is 9.16. The molecule has 0 saturated carbocycles. The summed E-state index contributed by atoms with van der Waals surface area (Å²) in [5.74, 6) is 2.72. The van der Waals surface area contributed by atoms with Crippen LogP contribution in [0.15, 0.2) is 65.1 Å². The van der Waals surface area contributed by atoms with Crippen molar-refractivity contribution >= 4 is 5.91 Å². The quantitative estimate of drug-likeness (QED) is 0.698. The van der Waals surface area contributed by atoms with Crippen molar-refractivity contribution in [2.75, 3.05) is 13.2 Å². The van der Waals surface area contributed by atoms with E-state index in [1.54, 1.807) is 12.1 Å². The molecule has 6 heteroatoms. The molecule has 28 heavy (non-hydrogen) atoms. The standard InChI is InChI=1S/C22H21NO5/c1-15(16-7-9-19-21(13-16)26-12-11-25-19)23-22(24)20-10-8-18(28-20)14-27-17-5-3-2-4-6-17/h2-10,13,15H,11-12,14H2,1H3,(H,23,24)/t15-/m0/s1. The van der Waals surface area contributed by atoms with Gasteiger partial charge in [-0.25, -0.2) is 0 Å². The first kappa shape index (κ1) is 18.0. The van der Waals surface area contributed by atoms with Crippen LogP contribution in [0.1, 0.15) is 34.8 Å². The Morgan fingerprint density at radius 1 is 1.04 bits per heavy atom. The van der Waals surface area contributed by atoms with Gasteiger partial charge in [0.15, 0.2) is 17.3 Å². The highest BCUT2D eigenvalue weighted by molar-refractivity contribution is 5.91. The molecule has 1 aromatic heterocycles. The molecule has 144 valence electrons. The lowest BCUT2D eigenvalue weighted by atomic mass is 10.1. The zero-order valence-electron chi connectivity index (χ0n) is 15.5. The van der Waals surface area contributed by atoms with Crippen molar-refractivity contribution in [3.8, 4) is 17.2 Å². The van der Waals surface area contributed by atoms with Crippen LogP contribution in [0.25, 0.3) is 0 Å². The third-order valence-electron chi connectivity index (χ3n) is 4.42. The van der Waals surface area contributed by atoms with Gasteiger partial charge in [-0.15, -0.1) is 0 Å². The SMILES string of the molecule is C[C@H](NC(=O)c1ccc(COc2ccccc2)o1)c1ccc2c(c1)OCCO2. The Morgan fingerprint density at radius 2 is 1.82 bits per heavy atom. The zero-order valence-corrected chi connectivity index (χ0v) is 15.5. The fourth-order valence-electron chi connectivity index (χ4n) is 2.93. The molecule has 1 aliphatic rings. The van der Waals surface area contributed by atoms with Gasteiger partial charge in [0.2, 0.25) is 0 Å². The second-order valence-electron chi connectivity index (χ2n) is 6.47. The summed E-state index contributed by atoms with van der Waals surface area (Å²) in [7, 11) is 0. The minimum atomic E-state index is -0.284. The number of fused-ring (bicyclic) bond motifs is 1. The topological polar surface area (TPSA) is 69.9 Å². The Labute approximate surface area is 163 Å². The molecule has 6 nitrogen and oxygen atoms in total. The van der Waals surface area contributed by atoms with Crippen LogP contribution in [0.5, 0.6) is 17.2 Å². The van der Waals surface area contributed by atoms with Crippen molar-refractivity contribution < 1.29 is 23.4 Å².